The lowest BCUT2D eigenvalue weighted by molar-refractivity contribution is 0.278. The molecule has 0 bridgehead atoms. The smallest absolute Gasteiger partial charge is 0.243 e. The van der Waals surface area contributed by atoms with Crippen molar-refractivity contribution in [3.8, 4) is 11.5 Å². The molecule has 4 aromatic rings. The van der Waals surface area contributed by atoms with Gasteiger partial charge in [0.1, 0.15) is 17.5 Å². The van der Waals surface area contributed by atoms with Gasteiger partial charge in [0.15, 0.2) is 11.5 Å². The molecule has 170 valence electrons. The second kappa shape index (κ2) is 8.64. The molecule has 1 aliphatic rings. The van der Waals surface area contributed by atoms with Crippen molar-refractivity contribution in [2.45, 2.75) is 44.0 Å². The molecule has 8 nitrogen and oxygen atoms in total. The summed E-state index contributed by atoms with van der Waals surface area (Å²) in [5.74, 6) is 0.738. The number of hydrogen-bond donors (Lipinski definition) is 0. The molecule has 0 unspecified atom stereocenters. The number of sulfonamides is 1. The lowest BCUT2D eigenvalue weighted by Gasteiger charge is -2.32. The van der Waals surface area contributed by atoms with Crippen molar-refractivity contribution in [2.24, 2.45) is 0 Å². The van der Waals surface area contributed by atoms with Gasteiger partial charge in [-0.15, -0.1) is 0 Å². The number of aryl methyl sites for hydroxylation is 2. The maximum atomic E-state index is 13.2. The standard InChI is InChI=1S/C24H26N6O2S/c1-3-18-5-7-20(8-6-18)33(31,32)29-14-11-19(12-15-29)30-23(21-10-13-25-16-26-21)28-22-9-4-17(2)27-24(22)30/h4-10,13,16,19H,3,11-12,14-15H2,1-2H3. The van der Waals surface area contributed by atoms with Crippen LogP contribution in [0.4, 0.5) is 0 Å². The molecule has 0 aliphatic carbocycles. The average Bonchev–Trinajstić information content (AvgIpc) is 3.23. The van der Waals surface area contributed by atoms with E-state index in [4.69, 9.17) is 9.97 Å². The summed E-state index contributed by atoms with van der Waals surface area (Å²) in [6.45, 7) is 4.90. The first-order valence-corrected chi connectivity index (χ1v) is 12.6. The van der Waals surface area contributed by atoms with E-state index in [0.29, 0.717) is 30.8 Å². The Bertz CT molecular complexity index is 1380. The van der Waals surface area contributed by atoms with Gasteiger partial charge in [0, 0.05) is 31.0 Å². The maximum Gasteiger partial charge on any atom is 0.243 e. The second-order valence-electron chi connectivity index (χ2n) is 8.33. The predicted octanol–water partition coefficient (Wildman–Crippen LogP) is 3.78. The summed E-state index contributed by atoms with van der Waals surface area (Å²) in [5.41, 5.74) is 4.38. The molecule has 0 spiro atoms. The van der Waals surface area contributed by atoms with Crippen LogP contribution in [0.5, 0.6) is 0 Å². The largest absolute Gasteiger partial charge is 0.304 e. The number of hydrogen-bond acceptors (Lipinski definition) is 6. The van der Waals surface area contributed by atoms with E-state index in [1.807, 2.05) is 37.3 Å². The van der Waals surface area contributed by atoms with E-state index in [9.17, 15) is 8.42 Å². The summed E-state index contributed by atoms with van der Waals surface area (Å²) in [6, 6.07) is 13.0. The van der Waals surface area contributed by atoms with E-state index in [0.717, 1.165) is 40.4 Å². The first-order chi connectivity index (χ1) is 16.0. The van der Waals surface area contributed by atoms with Gasteiger partial charge in [-0.3, -0.25) is 0 Å². The van der Waals surface area contributed by atoms with Gasteiger partial charge in [-0.2, -0.15) is 4.31 Å². The van der Waals surface area contributed by atoms with E-state index < -0.39 is 10.0 Å². The minimum atomic E-state index is -3.52. The zero-order valence-corrected chi connectivity index (χ0v) is 19.5. The number of fused-ring (bicyclic) bond motifs is 1. The van der Waals surface area contributed by atoms with Crippen LogP contribution in [-0.2, 0) is 16.4 Å². The molecule has 0 saturated carbocycles. The SMILES string of the molecule is CCc1ccc(S(=O)(=O)N2CCC(n3c(-c4ccncn4)nc4ccc(C)nc43)CC2)cc1. The number of rotatable bonds is 5. The Morgan fingerprint density at radius 1 is 1.00 bits per heavy atom. The zero-order chi connectivity index (χ0) is 23.0. The lowest BCUT2D eigenvalue weighted by atomic mass is 10.1. The number of aromatic nitrogens is 5. The van der Waals surface area contributed by atoms with Crippen LogP contribution in [0, 0.1) is 6.92 Å². The van der Waals surface area contributed by atoms with Crippen LogP contribution in [0.3, 0.4) is 0 Å². The van der Waals surface area contributed by atoms with Gasteiger partial charge in [0.05, 0.1) is 4.90 Å². The third-order valence-electron chi connectivity index (χ3n) is 6.25. The number of nitrogens with zero attached hydrogens (tertiary/aromatic N) is 6. The van der Waals surface area contributed by atoms with Crippen LogP contribution in [-0.4, -0.2) is 50.3 Å². The van der Waals surface area contributed by atoms with Crippen molar-refractivity contribution < 1.29 is 8.42 Å². The molecular formula is C24H26N6O2S. The summed E-state index contributed by atoms with van der Waals surface area (Å²) in [4.78, 5) is 18.3. The van der Waals surface area contributed by atoms with Gasteiger partial charge in [-0.05, 0) is 62.1 Å². The monoisotopic (exact) mass is 462 g/mol. The van der Waals surface area contributed by atoms with Crippen molar-refractivity contribution in [1.82, 2.24) is 28.8 Å². The van der Waals surface area contributed by atoms with Crippen LogP contribution in [0.25, 0.3) is 22.7 Å². The fourth-order valence-corrected chi connectivity index (χ4v) is 5.87. The topological polar surface area (TPSA) is 93.9 Å². The molecule has 33 heavy (non-hydrogen) atoms. The van der Waals surface area contributed by atoms with Crippen molar-refractivity contribution >= 4 is 21.2 Å². The Hall–Kier alpha value is -3.17. The van der Waals surface area contributed by atoms with Gasteiger partial charge in [-0.25, -0.2) is 28.4 Å². The van der Waals surface area contributed by atoms with Crippen molar-refractivity contribution in [3.05, 3.63) is 66.2 Å². The highest BCUT2D eigenvalue weighted by Crippen LogP contribution is 2.33. The van der Waals surface area contributed by atoms with E-state index in [-0.39, 0.29) is 6.04 Å². The summed E-state index contributed by atoms with van der Waals surface area (Å²) < 4.78 is 30.1. The van der Waals surface area contributed by atoms with E-state index in [2.05, 4.69) is 21.5 Å². The Balaban J connectivity index is 1.45. The molecule has 1 aromatic carbocycles. The molecular weight excluding hydrogens is 436 g/mol. The fraction of sp³-hybridized carbons (Fsp3) is 0.333. The number of imidazole rings is 1. The van der Waals surface area contributed by atoms with Gasteiger partial charge in [-0.1, -0.05) is 19.1 Å². The highest BCUT2D eigenvalue weighted by molar-refractivity contribution is 7.89. The Kier molecular flexibility index (Phi) is 5.67. The van der Waals surface area contributed by atoms with E-state index >= 15 is 0 Å². The molecule has 1 aliphatic heterocycles. The second-order valence-corrected chi connectivity index (χ2v) is 10.3. The van der Waals surface area contributed by atoms with E-state index in [1.165, 1.54) is 6.33 Å². The summed E-state index contributed by atoms with van der Waals surface area (Å²) in [5, 5.41) is 0. The fourth-order valence-electron chi connectivity index (χ4n) is 4.40. The van der Waals surface area contributed by atoms with Crippen LogP contribution in [0.2, 0.25) is 0 Å². The van der Waals surface area contributed by atoms with Crippen molar-refractivity contribution in [1.29, 1.82) is 0 Å². The molecule has 1 saturated heterocycles. The highest BCUT2D eigenvalue weighted by atomic mass is 32.2. The van der Waals surface area contributed by atoms with E-state index in [1.54, 1.807) is 22.6 Å². The third-order valence-corrected chi connectivity index (χ3v) is 8.16. The normalized spacial score (nSPS) is 15.8. The van der Waals surface area contributed by atoms with Gasteiger partial charge in [0.25, 0.3) is 0 Å². The van der Waals surface area contributed by atoms with Crippen molar-refractivity contribution in [2.75, 3.05) is 13.1 Å². The summed E-state index contributed by atoms with van der Waals surface area (Å²) >= 11 is 0. The molecule has 3 aromatic heterocycles. The number of pyridine rings is 1. The van der Waals surface area contributed by atoms with Crippen LogP contribution < -0.4 is 0 Å². The molecule has 0 N–H and O–H groups in total. The molecule has 0 atom stereocenters. The summed E-state index contributed by atoms with van der Waals surface area (Å²) in [7, 11) is -3.52. The molecule has 0 amide bonds. The predicted molar refractivity (Wildman–Crippen MR) is 126 cm³/mol. The molecule has 9 heteroatoms. The quantitative estimate of drug-likeness (QED) is 0.448. The first-order valence-electron chi connectivity index (χ1n) is 11.2. The Morgan fingerprint density at radius 3 is 2.42 bits per heavy atom. The Labute approximate surface area is 193 Å². The lowest BCUT2D eigenvalue weighted by Crippen LogP contribution is -2.39. The van der Waals surface area contributed by atoms with Crippen LogP contribution in [0.15, 0.2) is 59.9 Å². The van der Waals surface area contributed by atoms with Gasteiger partial charge in [0.2, 0.25) is 10.0 Å². The van der Waals surface area contributed by atoms with Crippen LogP contribution >= 0.6 is 0 Å². The first kappa shape index (κ1) is 21.7. The van der Waals surface area contributed by atoms with Crippen LogP contribution in [0.1, 0.15) is 37.1 Å². The van der Waals surface area contributed by atoms with Gasteiger partial charge >= 0.3 is 0 Å². The average molecular weight is 463 g/mol. The van der Waals surface area contributed by atoms with Crippen molar-refractivity contribution in [3.63, 3.8) is 0 Å². The molecule has 0 radical (unpaired) electrons. The Morgan fingerprint density at radius 2 is 1.76 bits per heavy atom. The maximum absolute atomic E-state index is 13.2. The zero-order valence-electron chi connectivity index (χ0n) is 18.7. The third kappa shape index (κ3) is 4.02. The van der Waals surface area contributed by atoms with Gasteiger partial charge < -0.3 is 4.57 Å². The highest BCUT2D eigenvalue weighted by Gasteiger charge is 2.32. The number of piperidine rings is 1. The molecule has 1 fully saturated rings. The summed E-state index contributed by atoms with van der Waals surface area (Å²) in [6.07, 6.45) is 5.43. The number of benzene rings is 1. The molecule has 4 heterocycles. The minimum absolute atomic E-state index is 0.0724. The minimum Gasteiger partial charge on any atom is -0.304 e. The molecule has 5 rings (SSSR count).